The van der Waals surface area contributed by atoms with Gasteiger partial charge in [0.05, 0.1) is 0 Å². The van der Waals surface area contributed by atoms with E-state index < -0.39 is 0 Å². The molecule has 0 aliphatic carbocycles. The molecule has 6 heteroatoms. The molecule has 0 spiro atoms. The summed E-state index contributed by atoms with van der Waals surface area (Å²) >= 11 is 8.69. The summed E-state index contributed by atoms with van der Waals surface area (Å²) in [6, 6.07) is 16.3. The van der Waals surface area contributed by atoms with Gasteiger partial charge >= 0.3 is 0 Å². The molecule has 0 saturated heterocycles. The quantitative estimate of drug-likeness (QED) is 0.475. The van der Waals surface area contributed by atoms with Crippen LogP contribution in [0.2, 0.25) is 0 Å². The van der Waals surface area contributed by atoms with Gasteiger partial charge in [0.1, 0.15) is 5.69 Å². The van der Waals surface area contributed by atoms with E-state index in [2.05, 4.69) is 44.2 Å². The summed E-state index contributed by atoms with van der Waals surface area (Å²) in [5, 5.41) is 5.49. The molecule has 0 radical (unpaired) electrons. The van der Waals surface area contributed by atoms with Crippen LogP contribution in [0.3, 0.4) is 0 Å². The largest absolute Gasteiger partial charge is 0.408 e. The van der Waals surface area contributed by atoms with Gasteiger partial charge in [0, 0.05) is 28.0 Å². The molecule has 0 fully saturated rings. The van der Waals surface area contributed by atoms with Crippen LogP contribution in [0.1, 0.15) is 0 Å². The Bertz CT molecular complexity index is 1060. The van der Waals surface area contributed by atoms with Gasteiger partial charge in [0.25, 0.3) is 10.7 Å². The summed E-state index contributed by atoms with van der Waals surface area (Å²) in [6.07, 6.45) is 0. The monoisotopic (exact) mass is 385 g/mol. The maximum absolute atomic E-state index is 5.65. The Morgan fingerprint density at radius 3 is 2.65 bits per heavy atom. The molecule has 4 rings (SSSR count). The van der Waals surface area contributed by atoms with Crippen LogP contribution in [0.25, 0.3) is 33.6 Å². The minimum Gasteiger partial charge on any atom is -0.408 e. The van der Waals surface area contributed by atoms with Crippen molar-refractivity contribution in [2.45, 2.75) is 0 Å². The van der Waals surface area contributed by atoms with Crippen molar-refractivity contribution >= 4 is 39.1 Å². The van der Waals surface area contributed by atoms with Gasteiger partial charge in [-0.2, -0.15) is 0 Å². The van der Waals surface area contributed by atoms with E-state index in [-0.39, 0.29) is 0 Å². The van der Waals surface area contributed by atoms with Gasteiger partial charge in [-0.15, -0.1) is 5.10 Å². The number of benzene rings is 2. The molecular formula is C17H12BrN3OS. The Hall–Kier alpha value is -2.18. The Morgan fingerprint density at radius 2 is 1.96 bits per heavy atom. The number of halogens is 1. The third-order valence-corrected chi connectivity index (χ3v) is 4.57. The summed E-state index contributed by atoms with van der Waals surface area (Å²) in [4.78, 5) is 3.76. The van der Waals surface area contributed by atoms with E-state index in [4.69, 9.17) is 16.6 Å². The zero-order valence-corrected chi connectivity index (χ0v) is 14.6. The molecular weight excluding hydrogens is 374 g/mol. The first-order valence-electron chi connectivity index (χ1n) is 7.04. The second-order valence-electron chi connectivity index (χ2n) is 5.23. The van der Waals surface area contributed by atoms with E-state index in [0.29, 0.717) is 10.7 Å². The molecule has 2 aromatic heterocycles. The molecule has 114 valence electrons. The second kappa shape index (κ2) is 5.47. The number of nitrogens with one attached hydrogen (secondary N) is 1. The lowest BCUT2D eigenvalue weighted by molar-refractivity contribution is 0.533. The van der Waals surface area contributed by atoms with Crippen LogP contribution in [0.15, 0.2) is 57.4 Å². The van der Waals surface area contributed by atoms with Crippen LogP contribution in [0, 0.1) is 4.84 Å². The molecule has 0 unspecified atom stereocenters. The number of fused-ring (bicyclic) bond motifs is 1. The van der Waals surface area contributed by atoms with Gasteiger partial charge in [-0.05, 0) is 36.0 Å². The molecule has 0 aliphatic heterocycles. The Morgan fingerprint density at radius 1 is 1.17 bits per heavy atom. The molecule has 23 heavy (non-hydrogen) atoms. The summed E-state index contributed by atoms with van der Waals surface area (Å²) in [5.74, 6) is 0.490. The van der Waals surface area contributed by atoms with Gasteiger partial charge < -0.3 is 9.40 Å². The highest BCUT2D eigenvalue weighted by atomic mass is 79.9. The number of aromatic nitrogens is 3. The lowest BCUT2D eigenvalue weighted by Gasteiger charge is -2.02. The highest BCUT2D eigenvalue weighted by molar-refractivity contribution is 9.10. The second-order valence-corrected chi connectivity index (χ2v) is 6.49. The molecule has 4 aromatic rings. The van der Waals surface area contributed by atoms with Gasteiger partial charge in [-0.25, -0.2) is 4.68 Å². The molecule has 0 bridgehead atoms. The molecule has 1 N–H and O–H groups in total. The Balaban J connectivity index is 2.09. The van der Waals surface area contributed by atoms with Gasteiger partial charge in [-0.1, -0.05) is 46.3 Å². The SMILES string of the molecule is Cn1nc(-c2[nH]c3ccc(Br)cc3c2-c2ccccc2)oc1=S. The van der Waals surface area contributed by atoms with E-state index in [1.807, 2.05) is 30.3 Å². The highest BCUT2D eigenvalue weighted by Gasteiger charge is 2.19. The molecule has 0 saturated carbocycles. The molecule has 4 nitrogen and oxygen atoms in total. The van der Waals surface area contributed by atoms with Crippen LogP contribution < -0.4 is 0 Å². The third kappa shape index (κ3) is 2.44. The average Bonchev–Trinajstić information content (AvgIpc) is 3.08. The first kappa shape index (κ1) is 14.4. The highest BCUT2D eigenvalue weighted by Crippen LogP contribution is 2.38. The van der Waals surface area contributed by atoms with Crippen molar-refractivity contribution in [3.63, 3.8) is 0 Å². The predicted molar refractivity (Wildman–Crippen MR) is 96.7 cm³/mol. The minimum atomic E-state index is 0.346. The number of nitrogens with zero attached hydrogens (tertiary/aromatic N) is 2. The minimum absolute atomic E-state index is 0.346. The van der Waals surface area contributed by atoms with E-state index in [1.165, 1.54) is 0 Å². The number of aromatic amines is 1. The van der Waals surface area contributed by atoms with E-state index in [1.54, 1.807) is 11.7 Å². The third-order valence-electron chi connectivity index (χ3n) is 3.73. The van der Waals surface area contributed by atoms with Crippen molar-refractivity contribution in [2.24, 2.45) is 7.05 Å². The van der Waals surface area contributed by atoms with Crippen LogP contribution in [-0.4, -0.2) is 14.8 Å². The summed E-state index contributed by atoms with van der Waals surface area (Å²) in [5.41, 5.74) is 4.00. The lowest BCUT2D eigenvalue weighted by Crippen LogP contribution is -1.90. The topological polar surface area (TPSA) is 46.8 Å². The summed E-state index contributed by atoms with van der Waals surface area (Å²) in [6.45, 7) is 0. The van der Waals surface area contributed by atoms with Crippen molar-refractivity contribution in [3.05, 3.63) is 57.8 Å². The van der Waals surface area contributed by atoms with Gasteiger partial charge in [0.2, 0.25) is 0 Å². The van der Waals surface area contributed by atoms with Crippen molar-refractivity contribution < 1.29 is 4.42 Å². The number of hydrogen-bond acceptors (Lipinski definition) is 3. The molecule has 2 heterocycles. The van der Waals surface area contributed by atoms with Crippen molar-refractivity contribution in [2.75, 3.05) is 0 Å². The standard InChI is InChI=1S/C17H12BrN3OS/c1-21-17(23)22-16(20-21)15-14(10-5-3-2-4-6-10)12-9-11(18)7-8-13(12)19-15/h2-9,19H,1H3. The fraction of sp³-hybridized carbons (Fsp3) is 0.0588. The lowest BCUT2D eigenvalue weighted by atomic mass is 10.0. The smallest absolute Gasteiger partial charge is 0.287 e. The Labute approximate surface area is 145 Å². The van der Waals surface area contributed by atoms with Crippen LogP contribution in [-0.2, 0) is 7.05 Å². The van der Waals surface area contributed by atoms with Crippen LogP contribution in [0.5, 0.6) is 0 Å². The van der Waals surface area contributed by atoms with E-state index in [0.717, 1.165) is 32.2 Å². The number of hydrogen-bond donors (Lipinski definition) is 1. The maximum atomic E-state index is 5.65. The summed E-state index contributed by atoms with van der Waals surface area (Å²) < 4.78 is 8.23. The van der Waals surface area contributed by atoms with Crippen LogP contribution in [0.4, 0.5) is 0 Å². The van der Waals surface area contributed by atoms with Gasteiger partial charge in [0.15, 0.2) is 0 Å². The Kier molecular flexibility index (Phi) is 3.43. The van der Waals surface area contributed by atoms with Crippen molar-refractivity contribution in [1.29, 1.82) is 0 Å². The maximum Gasteiger partial charge on any atom is 0.287 e. The van der Waals surface area contributed by atoms with Gasteiger partial charge in [-0.3, -0.25) is 0 Å². The molecule has 0 amide bonds. The number of aryl methyl sites for hydroxylation is 1. The van der Waals surface area contributed by atoms with E-state index in [9.17, 15) is 0 Å². The van der Waals surface area contributed by atoms with Crippen molar-refractivity contribution in [1.82, 2.24) is 14.8 Å². The van der Waals surface area contributed by atoms with Crippen molar-refractivity contribution in [3.8, 4) is 22.7 Å². The van der Waals surface area contributed by atoms with E-state index >= 15 is 0 Å². The first-order valence-corrected chi connectivity index (χ1v) is 8.25. The predicted octanol–water partition coefficient (Wildman–Crippen LogP) is 5.32. The fourth-order valence-electron chi connectivity index (χ4n) is 2.68. The first-order chi connectivity index (χ1) is 11.1. The van der Waals surface area contributed by atoms with Crippen LogP contribution >= 0.6 is 28.1 Å². The fourth-order valence-corrected chi connectivity index (χ4v) is 3.16. The normalized spacial score (nSPS) is 11.2. The zero-order chi connectivity index (χ0) is 16.0. The number of rotatable bonds is 2. The average molecular weight is 386 g/mol. The molecule has 0 atom stereocenters. The molecule has 2 aromatic carbocycles. The number of H-pyrrole nitrogens is 1. The summed E-state index contributed by atoms with van der Waals surface area (Å²) in [7, 11) is 1.77. The zero-order valence-electron chi connectivity index (χ0n) is 12.2. The molecule has 0 aliphatic rings.